The van der Waals surface area contributed by atoms with Gasteiger partial charge in [-0.05, 0) is 56.4 Å². The lowest BCUT2D eigenvalue weighted by Crippen LogP contribution is -2.46. The first kappa shape index (κ1) is 15.9. The van der Waals surface area contributed by atoms with Gasteiger partial charge in [-0.1, -0.05) is 13.8 Å². The van der Waals surface area contributed by atoms with Gasteiger partial charge in [0.25, 0.3) is 5.91 Å². The van der Waals surface area contributed by atoms with Crippen molar-refractivity contribution in [1.82, 2.24) is 4.90 Å². The average Bonchev–Trinajstić information content (AvgIpc) is 2.53. The van der Waals surface area contributed by atoms with E-state index in [0.29, 0.717) is 12.0 Å². The highest BCUT2D eigenvalue weighted by Gasteiger charge is 2.29. The van der Waals surface area contributed by atoms with Crippen molar-refractivity contribution >= 4 is 11.6 Å². The number of rotatable bonds is 4. The minimum absolute atomic E-state index is 0.194. The number of likely N-dealkylation sites (tertiary alicyclic amines) is 1. The van der Waals surface area contributed by atoms with Crippen LogP contribution in [0.5, 0.6) is 0 Å². The van der Waals surface area contributed by atoms with E-state index >= 15 is 0 Å². The zero-order valence-corrected chi connectivity index (χ0v) is 13.8. The van der Waals surface area contributed by atoms with Gasteiger partial charge >= 0.3 is 0 Å². The molecule has 0 radical (unpaired) electrons. The van der Waals surface area contributed by atoms with Gasteiger partial charge in [0.2, 0.25) is 0 Å². The Kier molecular flexibility index (Phi) is 5.27. The minimum atomic E-state index is 0.194. The SMILES string of the molecule is CCN(C)c1ccc(C(=O)N2CCCCC2C(C)C)cc1. The van der Waals surface area contributed by atoms with Crippen LogP contribution < -0.4 is 4.90 Å². The van der Waals surface area contributed by atoms with Crippen LogP contribution in [-0.4, -0.2) is 37.0 Å². The Hall–Kier alpha value is -1.51. The summed E-state index contributed by atoms with van der Waals surface area (Å²) in [6.07, 6.45) is 3.51. The predicted molar refractivity (Wildman–Crippen MR) is 88.9 cm³/mol. The van der Waals surface area contributed by atoms with E-state index < -0.39 is 0 Å². The highest BCUT2D eigenvalue weighted by Crippen LogP contribution is 2.25. The maximum Gasteiger partial charge on any atom is 0.254 e. The van der Waals surface area contributed by atoms with Crippen LogP contribution in [0.4, 0.5) is 5.69 Å². The molecule has 0 spiro atoms. The van der Waals surface area contributed by atoms with Gasteiger partial charge in [0, 0.05) is 37.4 Å². The number of nitrogens with zero attached hydrogens (tertiary/aromatic N) is 2. The third-order valence-corrected chi connectivity index (χ3v) is 4.61. The second kappa shape index (κ2) is 6.97. The Balaban J connectivity index is 2.14. The molecule has 1 unspecified atom stereocenters. The number of hydrogen-bond acceptors (Lipinski definition) is 2. The summed E-state index contributed by atoms with van der Waals surface area (Å²) < 4.78 is 0. The summed E-state index contributed by atoms with van der Waals surface area (Å²) in [5, 5.41) is 0. The quantitative estimate of drug-likeness (QED) is 0.841. The van der Waals surface area contributed by atoms with E-state index in [1.54, 1.807) is 0 Å². The Morgan fingerprint density at radius 3 is 2.52 bits per heavy atom. The molecule has 0 N–H and O–H groups in total. The number of amides is 1. The standard InChI is InChI=1S/C18H28N2O/c1-5-19(4)16-11-9-15(10-12-16)18(21)20-13-7-6-8-17(20)14(2)3/h9-12,14,17H,5-8,13H2,1-4H3. The summed E-state index contributed by atoms with van der Waals surface area (Å²) in [7, 11) is 2.07. The molecule has 1 aliphatic heterocycles. The molecule has 2 rings (SSSR count). The van der Waals surface area contributed by atoms with Gasteiger partial charge in [0.05, 0.1) is 0 Å². The molecule has 0 saturated carbocycles. The van der Waals surface area contributed by atoms with Crippen LogP contribution in [0, 0.1) is 5.92 Å². The lowest BCUT2D eigenvalue weighted by atomic mass is 9.92. The largest absolute Gasteiger partial charge is 0.375 e. The van der Waals surface area contributed by atoms with Crippen molar-refractivity contribution in [2.45, 2.75) is 46.1 Å². The van der Waals surface area contributed by atoms with Crippen LogP contribution in [0.3, 0.4) is 0 Å². The Morgan fingerprint density at radius 2 is 1.95 bits per heavy atom. The fourth-order valence-electron chi connectivity index (χ4n) is 3.11. The van der Waals surface area contributed by atoms with Gasteiger partial charge in [0.15, 0.2) is 0 Å². The van der Waals surface area contributed by atoms with Crippen LogP contribution in [0.2, 0.25) is 0 Å². The second-order valence-electron chi connectivity index (χ2n) is 6.37. The normalized spacial score (nSPS) is 18.9. The van der Waals surface area contributed by atoms with Crippen molar-refractivity contribution in [2.24, 2.45) is 5.92 Å². The van der Waals surface area contributed by atoms with Crippen molar-refractivity contribution < 1.29 is 4.79 Å². The molecular formula is C18H28N2O. The average molecular weight is 288 g/mol. The van der Waals surface area contributed by atoms with Crippen LogP contribution in [0.25, 0.3) is 0 Å². The van der Waals surface area contributed by atoms with E-state index in [0.717, 1.165) is 37.2 Å². The summed E-state index contributed by atoms with van der Waals surface area (Å²) in [6, 6.07) is 8.42. The van der Waals surface area contributed by atoms with Gasteiger partial charge in [-0.3, -0.25) is 4.79 Å². The molecule has 1 aromatic carbocycles. The molecule has 1 saturated heterocycles. The summed E-state index contributed by atoms with van der Waals surface area (Å²) in [6.45, 7) is 8.43. The molecule has 1 atom stereocenters. The molecule has 1 aromatic rings. The summed E-state index contributed by atoms with van der Waals surface area (Å²) in [5.74, 6) is 0.721. The van der Waals surface area contributed by atoms with Crippen molar-refractivity contribution in [3.8, 4) is 0 Å². The molecule has 1 amide bonds. The van der Waals surface area contributed by atoms with E-state index in [1.807, 2.05) is 24.3 Å². The van der Waals surface area contributed by atoms with Gasteiger partial charge in [-0.2, -0.15) is 0 Å². The minimum Gasteiger partial charge on any atom is -0.375 e. The first-order chi connectivity index (χ1) is 10.0. The molecule has 0 aromatic heterocycles. The van der Waals surface area contributed by atoms with Gasteiger partial charge in [-0.25, -0.2) is 0 Å². The monoisotopic (exact) mass is 288 g/mol. The first-order valence-corrected chi connectivity index (χ1v) is 8.16. The van der Waals surface area contributed by atoms with Gasteiger partial charge < -0.3 is 9.80 Å². The number of carbonyl (C=O) groups excluding carboxylic acids is 1. The number of hydrogen-bond donors (Lipinski definition) is 0. The Bertz CT molecular complexity index is 467. The summed E-state index contributed by atoms with van der Waals surface area (Å²) in [5.41, 5.74) is 1.98. The molecule has 21 heavy (non-hydrogen) atoms. The maximum atomic E-state index is 12.8. The molecule has 0 aliphatic carbocycles. The van der Waals surface area contributed by atoms with E-state index in [4.69, 9.17) is 0 Å². The van der Waals surface area contributed by atoms with Crippen LogP contribution in [0.1, 0.15) is 50.4 Å². The molecule has 116 valence electrons. The first-order valence-electron chi connectivity index (χ1n) is 8.16. The van der Waals surface area contributed by atoms with E-state index in [-0.39, 0.29) is 5.91 Å². The van der Waals surface area contributed by atoms with Gasteiger partial charge in [0.1, 0.15) is 0 Å². The third-order valence-electron chi connectivity index (χ3n) is 4.61. The van der Waals surface area contributed by atoms with Crippen molar-refractivity contribution in [3.05, 3.63) is 29.8 Å². The zero-order chi connectivity index (χ0) is 15.4. The van der Waals surface area contributed by atoms with Crippen molar-refractivity contribution in [2.75, 3.05) is 25.0 Å². The number of piperidine rings is 1. The molecule has 1 aliphatic rings. The lowest BCUT2D eigenvalue weighted by Gasteiger charge is -2.38. The maximum absolute atomic E-state index is 12.8. The molecule has 0 bridgehead atoms. The summed E-state index contributed by atoms with van der Waals surface area (Å²) in [4.78, 5) is 17.0. The fraction of sp³-hybridized carbons (Fsp3) is 0.611. The van der Waals surface area contributed by atoms with Crippen molar-refractivity contribution in [3.63, 3.8) is 0 Å². The Labute approximate surface area is 128 Å². The van der Waals surface area contributed by atoms with Crippen LogP contribution in [0.15, 0.2) is 24.3 Å². The van der Waals surface area contributed by atoms with Crippen LogP contribution >= 0.6 is 0 Å². The Morgan fingerprint density at radius 1 is 1.29 bits per heavy atom. The van der Waals surface area contributed by atoms with Crippen molar-refractivity contribution in [1.29, 1.82) is 0 Å². The van der Waals surface area contributed by atoms with E-state index in [1.165, 1.54) is 6.42 Å². The molecule has 1 fully saturated rings. The highest BCUT2D eigenvalue weighted by molar-refractivity contribution is 5.94. The van der Waals surface area contributed by atoms with E-state index in [2.05, 4.69) is 37.6 Å². The molecule has 3 nitrogen and oxygen atoms in total. The van der Waals surface area contributed by atoms with E-state index in [9.17, 15) is 4.79 Å². The van der Waals surface area contributed by atoms with Crippen LogP contribution in [-0.2, 0) is 0 Å². The zero-order valence-electron chi connectivity index (χ0n) is 13.8. The summed E-state index contributed by atoms with van der Waals surface area (Å²) >= 11 is 0. The predicted octanol–water partition coefficient (Wildman–Crippen LogP) is 3.79. The molecule has 3 heteroatoms. The third kappa shape index (κ3) is 3.58. The highest BCUT2D eigenvalue weighted by atomic mass is 16.2. The second-order valence-corrected chi connectivity index (χ2v) is 6.37. The smallest absolute Gasteiger partial charge is 0.254 e. The molecule has 1 heterocycles. The molecular weight excluding hydrogens is 260 g/mol. The number of anilines is 1. The fourth-order valence-corrected chi connectivity index (χ4v) is 3.11. The number of benzene rings is 1. The topological polar surface area (TPSA) is 23.6 Å². The van der Waals surface area contributed by atoms with Gasteiger partial charge in [-0.15, -0.1) is 0 Å². The lowest BCUT2D eigenvalue weighted by molar-refractivity contribution is 0.0543. The number of carbonyl (C=O) groups is 1.